The van der Waals surface area contributed by atoms with Crippen LogP contribution in [0.15, 0.2) is 12.4 Å². The zero-order valence-electron chi connectivity index (χ0n) is 7.41. The largest absolute Gasteiger partial charge is 0.336 e. The average molecular weight is 163 g/mol. The van der Waals surface area contributed by atoms with E-state index in [1.54, 1.807) is 6.20 Å². The molecule has 1 atom stereocenters. The van der Waals surface area contributed by atoms with Gasteiger partial charge in [-0.2, -0.15) is 0 Å². The fraction of sp³-hybridized carbons (Fsp3) is 0.444. The van der Waals surface area contributed by atoms with Crippen molar-refractivity contribution in [2.24, 2.45) is 7.05 Å². The Morgan fingerprint density at radius 3 is 3.00 bits per heavy atom. The van der Waals surface area contributed by atoms with Crippen molar-refractivity contribution in [2.45, 2.75) is 13.0 Å². The van der Waals surface area contributed by atoms with Crippen LogP contribution in [0.4, 0.5) is 0 Å². The molecule has 1 heterocycles. The quantitative estimate of drug-likeness (QED) is 0.665. The topological polar surface area (TPSA) is 29.9 Å². The number of imidazole rings is 1. The number of terminal acetylenes is 1. The summed E-state index contributed by atoms with van der Waals surface area (Å²) in [6.45, 7) is 2.87. The minimum atomic E-state index is -0.0741. The molecule has 0 aliphatic carbocycles. The summed E-state index contributed by atoms with van der Waals surface area (Å²) in [5.41, 5.74) is 0. The van der Waals surface area contributed by atoms with E-state index in [2.05, 4.69) is 16.2 Å². The third-order valence-electron chi connectivity index (χ3n) is 1.69. The average Bonchev–Trinajstić information content (AvgIpc) is 2.47. The molecule has 1 aromatic rings. The first-order chi connectivity index (χ1) is 5.79. The van der Waals surface area contributed by atoms with Gasteiger partial charge >= 0.3 is 0 Å². The highest BCUT2D eigenvalue weighted by molar-refractivity contribution is 5.12. The maximum atomic E-state index is 5.35. The van der Waals surface area contributed by atoms with E-state index >= 15 is 0 Å². The maximum Gasteiger partial charge on any atom is 0.138 e. The molecule has 3 heteroatoms. The van der Waals surface area contributed by atoms with Gasteiger partial charge in [0.2, 0.25) is 0 Å². The SMILES string of the molecule is C#CC(NCC)c1nccn1C. The highest BCUT2D eigenvalue weighted by Crippen LogP contribution is 2.07. The molecule has 1 rings (SSSR count). The summed E-state index contributed by atoms with van der Waals surface area (Å²) in [6, 6.07) is -0.0741. The van der Waals surface area contributed by atoms with Gasteiger partial charge in [0.05, 0.1) is 0 Å². The number of hydrogen-bond acceptors (Lipinski definition) is 2. The van der Waals surface area contributed by atoms with Gasteiger partial charge in [-0.15, -0.1) is 6.42 Å². The molecule has 0 amide bonds. The standard InChI is InChI=1S/C9H13N3/c1-4-8(10-5-2)9-11-6-7-12(9)3/h1,6-8,10H,5H2,2-3H3. The lowest BCUT2D eigenvalue weighted by Crippen LogP contribution is -2.22. The van der Waals surface area contributed by atoms with Crippen LogP contribution in [0.2, 0.25) is 0 Å². The predicted molar refractivity (Wildman–Crippen MR) is 48.5 cm³/mol. The monoisotopic (exact) mass is 163 g/mol. The van der Waals surface area contributed by atoms with Crippen LogP contribution in [-0.4, -0.2) is 16.1 Å². The molecule has 12 heavy (non-hydrogen) atoms. The third kappa shape index (κ3) is 1.66. The van der Waals surface area contributed by atoms with Crippen LogP contribution in [0.5, 0.6) is 0 Å². The van der Waals surface area contributed by atoms with Crippen molar-refractivity contribution in [3.8, 4) is 12.3 Å². The van der Waals surface area contributed by atoms with Crippen LogP contribution in [-0.2, 0) is 7.05 Å². The lowest BCUT2D eigenvalue weighted by Gasteiger charge is -2.10. The van der Waals surface area contributed by atoms with E-state index < -0.39 is 0 Å². The summed E-state index contributed by atoms with van der Waals surface area (Å²) in [5, 5.41) is 3.16. The Balaban J connectivity index is 2.81. The first-order valence-corrected chi connectivity index (χ1v) is 3.96. The number of nitrogens with one attached hydrogen (secondary N) is 1. The summed E-state index contributed by atoms with van der Waals surface area (Å²) in [5.74, 6) is 3.54. The van der Waals surface area contributed by atoms with Gasteiger partial charge in [-0.05, 0) is 6.54 Å². The van der Waals surface area contributed by atoms with E-state index in [1.807, 2.05) is 24.7 Å². The molecule has 0 aromatic carbocycles. The second-order valence-corrected chi connectivity index (χ2v) is 2.55. The van der Waals surface area contributed by atoms with Gasteiger partial charge < -0.3 is 4.57 Å². The molecular weight excluding hydrogens is 150 g/mol. The van der Waals surface area contributed by atoms with Gasteiger partial charge in [-0.1, -0.05) is 12.8 Å². The van der Waals surface area contributed by atoms with Gasteiger partial charge in [-0.3, -0.25) is 5.32 Å². The van der Waals surface area contributed by atoms with E-state index in [9.17, 15) is 0 Å². The molecule has 1 N–H and O–H groups in total. The normalized spacial score (nSPS) is 12.4. The maximum absolute atomic E-state index is 5.35. The van der Waals surface area contributed by atoms with Crippen LogP contribution in [0.3, 0.4) is 0 Å². The number of hydrogen-bond donors (Lipinski definition) is 1. The molecule has 0 spiro atoms. The van der Waals surface area contributed by atoms with Crippen LogP contribution < -0.4 is 5.32 Å². The number of nitrogens with zero attached hydrogens (tertiary/aromatic N) is 2. The zero-order chi connectivity index (χ0) is 8.97. The van der Waals surface area contributed by atoms with Gasteiger partial charge in [0.25, 0.3) is 0 Å². The molecule has 0 saturated heterocycles. The Labute approximate surface area is 72.8 Å². The molecule has 1 aromatic heterocycles. The highest BCUT2D eigenvalue weighted by Gasteiger charge is 2.10. The second kappa shape index (κ2) is 3.93. The summed E-state index contributed by atoms with van der Waals surface area (Å²) in [6.07, 6.45) is 8.99. The molecule has 0 fully saturated rings. The van der Waals surface area contributed by atoms with Crippen molar-refractivity contribution < 1.29 is 0 Å². The second-order valence-electron chi connectivity index (χ2n) is 2.55. The van der Waals surface area contributed by atoms with Gasteiger partial charge in [0.1, 0.15) is 11.9 Å². The van der Waals surface area contributed by atoms with Gasteiger partial charge in [0.15, 0.2) is 0 Å². The minimum absolute atomic E-state index is 0.0741. The highest BCUT2D eigenvalue weighted by atomic mass is 15.1. The number of aryl methyl sites for hydroxylation is 1. The first-order valence-electron chi connectivity index (χ1n) is 3.96. The zero-order valence-corrected chi connectivity index (χ0v) is 7.41. The molecule has 0 radical (unpaired) electrons. The van der Waals surface area contributed by atoms with E-state index in [0.717, 1.165) is 12.4 Å². The Morgan fingerprint density at radius 2 is 2.58 bits per heavy atom. The van der Waals surface area contributed by atoms with Crippen molar-refractivity contribution in [1.82, 2.24) is 14.9 Å². The molecule has 0 aliphatic rings. The summed E-state index contributed by atoms with van der Waals surface area (Å²) in [7, 11) is 1.93. The van der Waals surface area contributed by atoms with Gasteiger partial charge in [0, 0.05) is 19.4 Å². The molecule has 0 saturated carbocycles. The van der Waals surface area contributed by atoms with Crippen molar-refractivity contribution in [3.05, 3.63) is 18.2 Å². The smallest absolute Gasteiger partial charge is 0.138 e. The van der Waals surface area contributed by atoms with Crippen molar-refractivity contribution >= 4 is 0 Å². The summed E-state index contributed by atoms with van der Waals surface area (Å²) in [4.78, 5) is 4.16. The number of rotatable bonds is 3. The minimum Gasteiger partial charge on any atom is -0.336 e. The van der Waals surface area contributed by atoms with Gasteiger partial charge in [-0.25, -0.2) is 4.98 Å². The van der Waals surface area contributed by atoms with E-state index in [0.29, 0.717) is 0 Å². The van der Waals surface area contributed by atoms with E-state index in [1.165, 1.54) is 0 Å². The van der Waals surface area contributed by atoms with E-state index in [-0.39, 0.29) is 6.04 Å². The van der Waals surface area contributed by atoms with E-state index in [4.69, 9.17) is 6.42 Å². The Hall–Kier alpha value is -1.27. The van der Waals surface area contributed by atoms with Crippen LogP contribution in [0.1, 0.15) is 18.8 Å². The predicted octanol–water partition coefficient (Wildman–Crippen LogP) is 0.704. The first kappa shape index (κ1) is 8.82. The fourth-order valence-corrected chi connectivity index (χ4v) is 1.08. The lowest BCUT2D eigenvalue weighted by molar-refractivity contribution is 0.606. The van der Waals surface area contributed by atoms with Crippen LogP contribution in [0.25, 0.3) is 0 Å². The van der Waals surface area contributed by atoms with Crippen LogP contribution >= 0.6 is 0 Å². The fourth-order valence-electron chi connectivity index (χ4n) is 1.08. The Bertz CT molecular complexity index is 282. The Morgan fingerprint density at radius 1 is 1.83 bits per heavy atom. The molecule has 0 bridgehead atoms. The summed E-state index contributed by atoms with van der Waals surface area (Å²) >= 11 is 0. The van der Waals surface area contributed by atoms with Crippen LogP contribution in [0, 0.1) is 12.3 Å². The molecule has 64 valence electrons. The molecular formula is C9H13N3. The molecule has 0 aliphatic heterocycles. The van der Waals surface area contributed by atoms with Crippen molar-refractivity contribution in [3.63, 3.8) is 0 Å². The van der Waals surface area contributed by atoms with Crippen molar-refractivity contribution in [1.29, 1.82) is 0 Å². The molecule has 1 unspecified atom stereocenters. The molecule has 3 nitrogen and oxygen atoms in total. The Kier molecular flexibility index (Phi) is 2.89. The lowest BCUT2D eigenvalue weighted by atomic mass is 10.3. The third-order valence-corrected chi connectivity index (χ3v) is 1.69. The number of aromatic nitrogens is 2. The summed E-state index contributed by atoms with van der Waals surface area (Å²) < 4.78 is 1.92. The van der Waals surface area contributed by atoms with Crippen molar-refractivity contribution in [2.75, 3.05) is 6.54 Å².